The van der Waals surface area contributed by atoms with Crippen LogP contribution in [0.1, 0.15) is 40.7 Å². The van der Waals surface area contributed by atoms with Crippen LogP contribution in [0.4, 0.5) is 5.69 Å². The second-order valence-electron chi connectivity index (χ2n) is 11.8. The Hall–Kier alpha value is -3.79. The number of hydrogen-bond donors (Lipinski definition) is 2. The molecule has 4 heterocycles. The molecule has 1 aliphatic carbocycles. The van der Waals surface area contributed by atoms with Gasteiger partial charge in [0, 0.05) is 48.0 Å². The van der Waals surface area contributed by atoms with E-state index in [2.05, 4.69) is 44.8 Å². The summed E-state index contributed by atoms with van der Waals surface area (Å²) in [6.45, 7) is 6.20. The lowest BCUT2D eigenvalue weighted by Gasteiger charge is -2.33. The molecule has 2 saturated heterocycles. The number of pyridine rings is 2. The molecule has 2 aromatic carbocycles. The van der Waals surface area contributed by atoms with E-state index in [1.807, 2.05) is 49.8 Å². The molecular weight excluding hydrogens is 542 g/mol. The van der Waals surface area contributed by atoms with Gasteiger partial charge in [0.05, 0.1) is 52.1 Å². The summed E-state index contributed by atoms with van der Waals surface area (Å²) < 4.78 is 11.8. The summed E-state index contributed by atoms with van der Waals surface area (Å²) in [6, 6.07) is 16.9. The Bertz CT molecular complexity index is 1630. The largest absolute Gasteiger partial charge is 0.494 e. The Balaban J connectivity index is 1.19. The summed E-state index contributed by atoms with van der Waals surface area (Å²) >= 11 is 0. The average Bonchev–Trinajstić information content (AvgIpc) is 3.77. The number of aryl methyl sites for hydroxylation is 1. The molecule has 4 aromatic rings. The molecule has 2 N–H and O–H groups in total. The van der Waals surface area contributed by atoms with Gasteiger partial charge in [-0.1, -0.05) is 12.1 Å². The van der Waals surface area contributed by atoms with Gasteiger partial charge in [-0.15, -0.1) is 0 Å². The number of hydrogen-bond acceptors (Lipinski definition) is 7. The highest BCUT2D eigenvalue weighted by Crippen LogP contribution is 2.49. The van der Waals surface area contributed by atoms with Crippen molar-refractivity contribution in [3.8, 4) is 16.9 Å². The van der Waals surface area contributed by atoms with Crippen LogP contribution < -0.4 is 20.3 Å². The molecule has 8 nitrogen and oxygen atoms in total. The third-order valence-electron chi connectivity index (χ3n) is 8.98. The van der Waals surface area contributed by atoms with Crippen LogP contribution in [0.5, 0.6) is 5.75 Å². The van der Waals surface area contributed by atoms with Crippen LogP contribution in [-0.2, 0) is 10.3 Å². The molecule has 3 fully saturated rings. The molecular formula is C33H37N5O3Si. The summed E-state index contributed by atoms with van der Waals surface area (Å²) in [4.78, 5) is 25.5. The van der Waals surface area contributed by atoms with Crippen LogP contribution in [0.15, 0.2) is 67.1 Å². The van der Waals surface area contributed by atoms with Crippen LogP contribution in [-0.4, -0.2) is 70.7 Å². The lowest BCUT2D eigenvalue weighted by Crippen LogP contribution is -2.53. The summed E-state index contributed by atoms with van der Waals surface area (Å²) in [5.74, 6) is 0.689. The molecule has 0 radical (unpaired) electrons. The highest BCUT2D eigenvalue weighted by Gasteiger charge is 2.47. The van der Waals surface area contributed by atoms with Gasteiger partial charge in [-0.05, 0) is 85.8 Å². The van der Waals surface area contributed by atoms with Crippen molar-refractivity contribution in [2.24, 2.45) is 0 Å². The number of benzene rings is 2. The van der Waals surface area contributed by atoms with Gasteiger partial charge in [0.25, 0.3) is 5.91 Å². The Morgan fingerprint density at radius 1 is 1.14 bits per heavy atom. The maximum atomic E-state index is 13.8. The maximum Gasteiger partial charge on any atom is 0.252 e. The van der Waals surface area contributed by atoms with Crippen molar-refractivity contribution in [1.29, 1.82) is 0 Å². The van der Waals surface area contributed by atoms with Gasteiger partial charge in [0.15, 0.2) is 0 Å². The number of carbonyl (C=O) groups is 1. The van der Waals surface area contributed by atoms with Crippen molar-refractivity contribution in [1.82, 2.24) is 20.6 Å². The minimum Gasteiger partial charge on any atom is -0.494 e. The predicted molar refractivity (Wildman–Crippen MR) is 168 cm³/mol. The van der Waals surface area contributed by atoms with Gasteiger partial charge >= 0.3 is 0 Å². The standard InChI is InChI=1S/C33H37N5O3Si/c1-21-4-5-25(41-32(42)29-6-10-36-29)18-27(21)31(39)37-33(7-8-33)28-16-22(17-30-26(28)3-2-9-35-30)23-15-24(20-34-19-23)38-11-13-40-14-12-38/h2-5,9,15-20,29,32,36H,6-8,10-14H2,1,42H3,(H,37,39)/t29-,32?/m0/s1. The van der Waals surface area contributed by atoms with Crippen molar-refractivity contribution in [2.45, 2.75) is 43.5 Å². The molecule has 0 spiro atoms. The highest BCUT2D eigenvalue weighted by atomic mass is 28.1. The van der Waals surface area contributed by atoms with Crippen LogP contribution >= 0.6 is 0 Å². The number of carbonyl (C=O) groups excluding carboxylic acids is 1. The Labute approximate surface area is 249 Å². The molecule has 9 heteroatoms. The van der Waals surface area contributed by atoms with E-state index < -0.39 is 5.54 Å². The summed E-state index contributed by atoms with van der Waals surface area (Å²) in [5, 5.41) is 7.94. The van der Waals surface area contributed by atoms with E-state index in [4.69, 9.17) is 14.5 Å². The van der Waals surface area contributed by atoms with E-state index in [0.29, 0.717) is 11.6 Å². The first-order valence-electron chi connectivity index (χ1n) is 15.0. The summed E-state index contributed by atoms with van der Waals surface area (Å²) in [7, 11) is 0.925. The minimum atomic E-state index is -0.441. The van der Waals surface area contributed by atoms with E-state index in [0.717, 1.165) is 107 Å². The zero-order valence-electron chi connectivity index (χ0n) is 24.2. The number of amides is 1. The van der Waals surface area contributed by atoms with Crippen molar-refractivity contribution in [2.75, 3.05) is 37.7 Å². The molecule has 0 bridgehead atoms. The first-order valence-corrected chi connectivity index (χ1v) is 16.2. The zero-order chi connectivity index (χ0) is 28.7. The van der Waals surface area contributed by atoms with Crippen molar-refractivity contribution in [3.05, 3.63) is 83.8 Å². The first-order chi connectivity index (χ1) is 20.5. The van der Waals surface area contributed by atoms with Gasteiger partial charge < -0.3 is 25.0 Å². The topological polar surface area (TPSA) is 88.6 Å². The molecule has 2 atom stereocenters. The molecule has 1 unspecified atom stereocenters. The number of ether oxygens (including phenoxy) is 2. The fourth-order valence-electron chi connectivity index (χ4n) is 6.12. The third kappa shape index (κ3) is 5.28. The number of morpholine rings is 1. The normalized spacial score (nSPS) is 20.1. The molecule has 3 aliphatic rings. The van der Waals surface area contributed by atoms with Crippen LogP contribution in [0.2, 0.25) is 0 Å². The molecule has 42 heavy (non-hydrogen) atoms. The lowest BCUT2D eigenvalue weighted by molar-refractivity contribution is 0.0929. The Morgan fingerprint density at radius 2 is 1.98 bits per heavy atom. The average molecular weight is 580 g/mol. The second kappa shape index (κ2) is 11.1. The lowest BCUT2D eigenvalue weighted by atomic mass is 9.93. The minimum absolute atomic E-state index is 0.0689. The quantitative estimate of drug-likeness (QED) is 0.310. The molecule has 2 aliphatic heterocycles. The first kappa shape index (κ1) is 27.1. The molecule has 7 rings (SSSR count). The van der Waals surface area contributed by atoms with E-state index in [9.17, 15) is 4.79 Å². The zero-order valence-corrected chi connectivity index (χ0v) is 26.2. The number of nitrogens with one attached hydrogen (secondary N) is 2. The van der Waals surface area contributed by atoms with Crippen molar-refractivity contribution >= 4 is 32.7 Å². The van der Waals surface area contributed by atoms with E-state index in [-0.39, 0.29) is 11.6 Å². The predicted octanol–water partition coefficient (Wildman–Crippen LogP) is 3.29. The molecule has 1 amide bonds. The van der Waals surface area contributed by atoms with Gasteiger partial charge in [-0.25, -0.2) is 0 Å². The molecule has 2 aromatic heterocycles. The van der Waals surface area contributed by atoms with Crippen LogP contribution in [0.3, 0.4) is 0 Å². The smallest absolute Gasteiger partial charge is 0.252 e. The van der Waals surface area contributed by atoms with Gasteiger partial charge in [0.2, 0.25) is 0 Å². The van der Waals surface area contributed by atoms with E-state index >= 15 is 0 Å². The SMILES string of the molecule is Cc1ccc(OC([SiH3])[C@@H]2CCN2)cc1C(=O)NC1(c2cc(-c3cncc(N4CCOCC4)c3)cc3ncccc23)CC1. The Morgan fingerprint density at radius 3 is 2.74 bits per heavy atom. The van der Waals surface area contributed by atoms with Gasteiger partial charge in [0.1, 0.15) is 5.75 Å². The van der Waals surface area contributed by atoms with Crippen LogP contribution in [0.25, 0.3) is 22.0 Å². The van der Waals surface area contributed by atoms with E-state index in [1.165, 1.54) is 0 Å². The fourth-order valence-corrected chi connectivity index (χ4v) is 6.97. The molecule has 1 saturated carbocycles. The second-order valence-corrected chi connectivity index (χ2v) is 12.9. The highest BCUT2D eigenvalue weighted by molar-refractivity contribution is 6.11. The van der Waals surface area contributed by atoms with Gasteiger partial charge in [-0.3, -0.25) is 14.8 Å². The third-order valence-corrected chi connectivity index (χ3v) is 10.0. The number of nitrogens with zero attached hydrogens (tertiary/aromatic N) is 3. The summed E-state index contributed by atoms with van der Waals surface area (Å²) in [5.41, 5.74) is 6.54. The number of rotatable bonds is 8. The Kier molecular flexibility index (Phi) is 7.17. The van der Waals surface area contributed by atoms with Crippen LogP contribution in [0, 0.1) is 6.92 Å². The number of fused-ring (bicyclic) bond motifs is 1. The molecule has 216 valence electrons. The number of anilines is 1. The van der Waals surface area contributed by atoms with Crippen molar-refractivity contribution < 1.29 is 14.3 Å². The number of aromatic nitrogens is 2. The fraction of sp³-hybridized carbons (Fsp3) is 0.364. The van der Waals surface area contributed by atoms with Gasteiger partial charge in [-0.2, -0.15) is 0 Å². The van der Waals surface area contributed by atoms with Crippen molar-refractivity contribution in [3.63, 3.8) is 0 Å². The van der Waals surface area contributed by atoms with E-state index in [1.54, 1.807) is 0 Å². The maximum absolute atomic E-state index is 13.8. The monoisotopic (exact) mass is 579 g/mol. The summed E-state index contributed by atoms with van der Waals surface area (Å²) in [6.07, 6.45) is 8.56.